The van der Waals surface area contributed by atoms with Gasteiger partial charge in [-0.25, -0.2) is 0 Å². The Balaban J connectivity index is 2.87. The van der Waals surface area contributed by atoms with Crippen molar-refractivity contribution in [2.24, 2.45) is 0 Å². The van der Waals surface area contributed by atoms with Crippen LogP contribution >= 0.6 is 0 Å². The van der Waals surface area contributed by atoms with Gasteiger partial charge in [-0.05, 0) is 18.2 Å². The van der Waals surface area contributed by atoms with E-state index in [0.717, 1.165) is 6.29 Å². The van der Waals surface area contributed by atoms with Gasteiger partial charge in [-0.15, -0.1) is 0 Å². The molecule has 0 aliphatic heterocycles. The normalized spacial score (nSPS) is 9.57. The van der Waals surface area contributed by atoms with Crippen LogP contribution in [0.1, 0.15) is 10.4 Å². The molecular weight excluding hydrogens is 185 g/mol. The molecule has 1 aromatic carbocycles. The third-order valence-corrected chi connectivity index (χ3v) is 1.66. The predicted molar refractivity (Wildman–Crippen MR) is 50.9 cm³/mol. The number of carbonyl (C=O) groups excluding carboxylic acids is 1. The van der Waals surface area contributed by atoms with Crippen LogP contribution < -0.4 is 9.47 Å². The van der Waals surface area contributed by atoms with E-state index in [4.69, 9.17) is 14.2 Å². The quantitative estimate of drug-likeness (QED) is 0.407. The SMILES string of the molecule is COCOc1ccc([13CH]=O)cc1OC. The highest BCUT2D eigenvalue weighted by Gasteiger charge is 2.04. The van der Waals surface area contributed by atoms with Crippen LogP contribution in [0.3, 0.4) is 0 Å². The molecule has 0 radical (unpaired) electrons. The molecular formula is C10H12O4. The van der Waals surface area contributed by atoms with Gasteiger partial charge in [-0.2, -0.15) is 0 Å². The molecule has 0 amide bonds. The molecule has 0 bridgehead atoms. The fraction of sp³-hybridized carbons (Fsp3) is 0.300. The highest BCUT2D eigenvalue weighted by molar-refractivity contribution is 5.76. The summed E-state index contributed by atoms with van der Waals surface area (Å²) in [5.41, 5.74) is 0.548. The van der Waals surface area contributed by atoms with E-state index in [2.05, 4.69) is 0 Å². The van der Waals surface area contributed by atoms with E-state index in [1.165, 1.54) is 14.2 Å². The number of benzene rings is 1. The van der Waals surface area contributed by atoms with E-state index in [9.17, 15) is 4.79 Å². The van der Waals surface area contributed by atoms with Crippen molar-refractivity contribution in [3.05, 3.63) is 23.8 Å². The molecule has 0 aliphatic rings. The van der Waals surface area contributed by atoms with Crippen LogP contribution in [0.15, 0.2) is 18.2 Å². The lowest BCUT2D eigenvalue weighted by Gasteiger charge is -2.09. The Hall–Kier alpha value is -1.55. The van der Waals surface area contributed by atoms with E-state index in [0.29, 0.717) is 17.1 Å². The first-order valence-electron chi connectivity index (χ1n) is 4.06. The van der Waals surface area contributed by atoms with Crippen LogP contribution in [0, 0.1) is 0 Å². The van der Waals surface area contributed by atoms with Crippen LogP contribution in [-0.4, -0.2) is 27.3 Å². The maximum absolute atomic E-state index is 10.5. The summed E-state index contributed by atoms with van der Waals surface area (Å²) in [6, 6.07) is 4.93. The molecule has 0 aliphatic carbocycles. The molecule has 4 nitrogen and oxygen atoms in total. The number of aldehydes is 1. The summed E-state index contributed by atoms with van der Waals surface area (Å²) in [4.78, 5) is 10.5. The zero-order chi connectivity index (χ0) is 10.4. The standard InChI is InChI=1S/C10H12O4/c1-12-7-14-9-4-3-8(6-11)5-10(9)13-2/h3-6H,7H2,1-2H3/i6+1. The Morgan fingerprint density at radius 1 is 1.29 bits per heavy atom. The van der Waals surface area contributed by atoms with Crippen LogP contribution in [0.25, 0.3) is 0 Å². The number of hydrogen-bond acceptors (Lipinski definition) is 4. The lowest BCUT2D eigenvalue weighted by molar-refractivity contribution is 0.0491. The number of carbonyl (C=O) groups is 1. The summed E-state index contributed by atoms with van der Waals surface area (Å²) in [6.07, 6.45) is 0.753. The summed E-state index contributed by atoms with van der Waals surface area (Å²) in [5, 5.41) is 0. The van der Waals surface area contributed by atoms with E-state index < -0.39 is 0 Å². The first-order valence-corrected chi connectivity index (χ1v) is 4.06. The molecule has 0 unspecified atom stereocenters. The van der Waals surface area contributed by atoms with Crippen LogP contribution in [-0.2, 0) is 4.74 Å². The van der Waals surface area contributed by atoms with Crippen molar-refractivity contribution < 1.29 is 19.0 Å². The minimum absolute atomic E-state index is 0.150. The molecule has 0 spiro atoms. The van der Waals surface area contributed by atoms with Gasteiger partial charge in [0.2, 0.25) is 0 Å². The molecule has 0 saturated heterocycles. The van der Waals surface area contributed by atoms with Crippen molar-refractivity contribution in [3.63, 3.8) is 0 Å². The fourth-order valence-electron chi connectivity index (χ4n) is 0.999. The van der Waals surface area contributed by atoms with Gasteiger partial charge in [0.1, 0.15) is 6.29 Å². The van der Waals surface area contributed by atoms with Crippen LogP contribution in [0.5, 0.6) is 11.5 Å². The molecule has 0 heterocycles. The van der Waals surface area contributed by atoms with Crippen LogP contribution in [0.4, 0.5) is 0 Å². The largest absolute Gasteiger partial charge is 0.493 e. The first-order chi connectivity index (χ1) is 6.81. The van der Waals surface area contributed by atoms with Gasteiger partial charge in [-0.3, -0.25) is 4.79 Å². The summed E-state index contributed by atoms with van der Waals surface area (Å²) >= 11 is 0. The second kappa shape index (κ2) is 5.24. The summed E-state index contributed by atoms with van der Waals surface area (Å²) in [5.74, 6) is 1.08. The Morgan fingerprint density at radius 3 is 2.64 bits per heavy atom. The first kappa shape index (κ1) is 10.5. The third kappa shape index (κ3) is 2.47. The van der Waals surface area contributed by atoms with Crippen molar-refractivity contribution in [2.45, 2.75) is 0 Å². The van der Waals surface area contributed by atoms with E-state index in [1.807, 2.05) is 0 Å². The topological polar surface area (TPSA) is 44.8 Å². The van der Waals surface area contributed by atoms with Crippen molar-refractivity contribution in [3.8, 4) is 11.5 Å². The number of rotatable bonds is 5. The average Bonchev–Trinajstić information content (AvgIpc) is 2.26. The lowest BCUT2D eigenvalue weighted by atomic mass is 10.2. The highest BCUT2D eigenvalue weighted by atomic mass is 16.7. The molecule has 4 heteroatoms. The van der Waals surface area contributed by atoms with Gasteiger partial charge in [0.25, 0.3) is 0 Å². The number of hydrogen-bond donors (Lipinski definition) is 0. The average molecular weight is 197 g/mol. The monoisotopic (exact) mass is 197 g/mol. The van der Waals surface area contributed by atoms with Crippen molar-refractivity contribution in [2.75, 3.05) is 21.0 Å². The van der Waals surface area contributed by atoms with Gasteiger partial charge in [-0.1, -0.05) is 0 Å². The van der Waals surface area contributed by atoms with Gasteiger partial charge in [0, 0.05) is 12.7 Å². The third-order valence-electron chi connectivity index (χ3n) is 1.66. The predicted octanol–water partition coefficient (Wildman–Crippen LogP) is 1.49. The van der Waals surface area contributed by atoms with E-state index >= 15 is 0 Å². The Morgan fingerprint density at radius 2 is 2.07 bits per heavy atom. The minimum atomic E-state index is 0.150. The summed E-state index contributed by atoms with van der Waals surface area (Å²) in [6.45, 7) is 0.150. The summed E-state index contributed by atoms with van der Waals surface area (Å²) in [7, 11) is 3.05. The second-order valence-corrected chi connectivity index (χ2v) is 2.58. The molecule has 76 valence electrons. The van der Waals surface area contributed by atoms with Gasteiger partial charge in [0.05, 0.1) is 7.11 Å². The zero-order valence-corrected chi connectivity index (χ0v) is 8.15. The molecule has 1 aromatic rings. The smallest absolute Gasteiger partial charge is 0.188 e. The molecule has 0 aromatic heterocycles. The molecule has 0 atom stereocenters. The summed E-state index contributed by atoms with van der Waals surface area (Å²) < 4.78 is 15.0. The fourth-order valence-corrected chi connectivity index (χ4v) is 0.999. The molecule has 1 rings (SSSR count). The molecule has 0 fully saturated rings. The van der Waals surface area contributed by atoms with Gasteiger partial charge in [0.15, 0.2) is 18.3 Å². The molecule has 14 heavy (non-hydrogen) atoms. The van der Waals surface area contributed by atoms with Gasteiger partial charge >= 0.3 is 0 Å². The second-order valence-electron chi connectivity index (χ2n) is 2.58. The maximum Gasteiger partial charge on any atom is 0.188 e. The minimum Gasteiger partial charge on any atom is -0.493 e. The zero-order valence-electron chi connectivity index (χ0n) is 8.15. The van der Waals surface area contributed by atoms with E-state index in [-0.39, 0.29) is 6.79 Å². The Kier molecular flexibility index (Phi) is 3.94. The van der Waals surface area contributed by atoms with Crippen molar-refractivity contribution >= 4 is 6.29 Å². The Bertz CT molecular complexity index is 309. The number of methoxy groups -OCH3 is 2. The van der Waals surface area contributed by atoms with Crippen LogP contribution in [0.2, 0.25) is 0 Å². The molecule has 0 N–H and O–H groups in total. The van der Waals surface area contributed by atoms with Crippen molar-refractivity contribution in [1.82, 2.24) is 0 Å². The van der Waals surface area contributed by atoms with Crippen molar-refractivity contribution in [1.29, 1.82) is 0 Å². The Labute approximate surface area is 82.4 Å². The molecule has 0 saturated carbocycles. The van der Waals surface area contributed by atoms with E-state index in [1.54, 1.807) is 18.2 Å². The highest BCUT2D eigenvalue weighted by Crippen LogP contribution is 2.27. The number of ether oxygens (including phenoxy) is 3. The maximum atomic E-state index is 10.5. The lowest BCUT2D eigenvalue weighted by Crippen LogP contribution is -2.01. The van der Waals surface area contributed by atoms with Gasteiger partial charge < -0.3 is 14.2 Å².